The first-order chi connectivity index (χ1) is 4.86. The van der Waals surface area contributed by atoms with Crippen molar-refractivity contribution in [2.45, 2.75) is 5.16 Å². The van der Waals surface area contributed by atoms with E-state index in [2.05, 4.69) is 22.6 Å². The van der Waals surface area contributed by atoms with Crippen molar-refractivity contribution >= 4 is 37.2 Å². The molecule has 2 aromatic rings. The molecule has 0 bridgehead atoms. The molecule has 58 valence electrons. The van der Waals surface area contributed by atoms with Gasteiger partial charge in [0, 0.05) is 0 Å². The third-order valence-electron chi connectivity index (χ3n) is 1.38. The number of hydrogen-bond acceptors (Lipinski definition) is 2. The number of H-pyrrole nitrogens is 1. The van der Waals surface area contributed by atoms with Crippen molar-refractivity contribution in [1.82, 2.24) is 9.97 Å². The van der Waals surface area contributed by atoms with Crippen LogP contribution in [0.4, 0.5) is 0 Å². The maximum absolute atomic E-state index is 4.12. The molecule has 0 saturated carbocycles. The van der Waals surface area contributed by atoms with E-state index in [-0.39, 0.29) is 33.0 Å². The van der Waals surface area contributed by atoms with Gasteiger partial charge < -0.3 is 18.5 Å². The zero-order valence-electron chi connectivity index (χ0n) is 6.32. The van der Waals surface area contributed by atoms with E-state index < -0.39 is 0 Å². The van der Waals surface area contributed by atoms with Crippen LogP contribution in [0.3, 0.4) is 0 Å². The summed E-state index contributed by atoms with van der Waals surface area (Å²) in [6.45, 7) is 0. The minimum absolute atomic E-state index is 0. The van der Waals surface area contributed by atoms with Crippen molar-refractivity contribution in [1.29, 1.82) is 0 Å². The van der Waals surface area contributed by atoms with Crippen LogP contribution in [0.2, 0.25) is 0 Å². The van der Waals surface area contributed by atoms with Crippen molar-refractivity contribution in [2.24, 2.45) is 0 Å². The second kappa shape index (κ2) is 4.90. The van der Waals surface area contributed by atoms with Crippen LogP contribution in [0.15, 0.2) is 29.4 Å². The van der Waals surface area contributed by atoms with Crippen molar-refractivity contribution in [3.63, 3.8) is 0 Å². The Labute approximate surface area is 95.8 Å². The minimum atomic E-state index is 0. The predicted molar refractivity (Wildman–Crippen MR) is 50.7 cm³/mol. The van der Waals surface area contributed by atoms with Crippen molar-refractivity contribution < 1.29 is 19.5 Å². The first kappa shape index (κ1) is 12.0. The van der Waals surface area contributed by atoms with Gasteiger partial charge in [0.15, 0.2) is 5.16 Å². The molecule has 1 aromatic carbocycles. The van der Waals surface area contributed by atoms with Gasteiger partial charge in [0.2, 0.25) is 0 Å². The molecule has 0 atom stereocenters. The van der Waals surface area contributed by atoms with Gasteiger partial charge in [0.25, 0.3) is 0 Å². The topological polar surface area (TPSA) is 28.7 Å². The number of aromatic nitrogens is 2. The van der Waals surface area contributed by atoms with E-state index in [9.17, 15) is 0 Å². The van der Waals surface area contributed by atoms with Crippen LogP contribution >= 0.6 is 12.6 Å². The van der Waals surface area contributed by atoms with Gasteiger partial charge >= 0.3 is 19.5 Å². The molecule has 1 heterocycles. The summed E-state index contributed by atoms with van der Waals surface area (Å²) < 4.78 is 0. The third-order valence-corrected chi connectivity index (χ3v) is 1.59. The number of rotatable bonds is 0. The van der Waals surface area contributed by atoms with Gasteiger partial charge in [-0.1, -0.05) is 12.1 Å². The maximum Gasteiger partial charge on any atom is 2.00 e. The monoisotopic (exact) mass is 246 g/mol. The number of imidazole rings is 1. The maximum atomic E-state index is 4.12. The van der Waals surface area contributed by atoms with E-state index in [4.69, 9.17) is 0 Å². The summed E-state index contributed by atoms with van der Waals surface area (Å²) in [5.41, 5.74) is 2.00. The van der Waals surface area contributed by atoms with E-state index in [1.807, 2.05) is 24.3 Å². The largest absolute Gasteiger partial charge is 2.00 e. The summed E-state index contributed by atoms with van der Waals surface area (Å²) in [5, 5.41) is 0.668. The van der Waals surface area contributed by atoms with E-state index in [1.54, 1.807) is 0 Å². The van der Waals surface area contributed by atoms with Gasteiger partial charge in [-0.2, -0.15) is 0 Å². The molecule has 0 saturated heterocycles. The molecule has 5 heteroatoms. The molecule has 2 nitrogen and oxygen atoms in total. The van der Waals surface area contributed by atoms with Gasteiger partial charge in [-0.3, -0.25) is 0 Å². The molecule has 0 radical (unpaired) electrons. The first-order valence-corrected chi connectivity index (χ1v) is 3.45. The van der Waals surface area contributed by atoms with Crippen LogP contribution in [0.1, 0.15) is 0 Å². The summed E-state index contributed by atoms with van der Waals surface area (Å²) in [5.74, 6) is 0. The fraction of sp³-hybridized carbons (Fsp3) is 0. The normalized spacial score (nSPS) is 8.75. The van der Waals surface area contributed by atoms with Crippen LogP contribution in [0, 0.1) is 0 Å². The summed E-state index contributed by atoms with van der Waals surface area (Å²) in [6, 6.07) is 7.84. The average Bonchev–Trinajstić information content (AvgIpc) is 2.27. The molecule has 2 rings (SSSR count). The second-order valence-corrected chi connectivity index (χ2v) is 2.50. The minimum Gasteiger partial charge on any atom is -2.00 e. The second-order valence-electron chi connectivity index (χ2n) is 2.08. The van der Waals surface area contributed by atoms with Crippen LogP contribution < -0.4 is 0 Å². The number of fused-ring (bicyclic) bond motifs is 1. The Balaban J connectivity index is 0.000000605. The van der Waals surface area contributed by atoms with E-state index in [0.29, 0.717) is 5.16 Å². The van der Waals surface area contributed by atoms with Crippen LogP contribution in [-0.4, -0.2) is 9.97 Å². The fourth-order valence-corrected chi connectivity index (χ4v) is 1.17. The molecule has 12 heavy (non-hydrogen) atoms. The molecule has 1 aromatic heterocycles. The molecule has 0 aliphatic heterocycles. The first-order valence-electron chi connectivity index (χ1n) is 3.00. The van der Waals surface area contributed by atoms with E-state index in [1.165, 1.54) is 0 Å². The number of nitrogens with zero attached hydrogens (tertiary/aromatic N) is 1. The molecule has 0 unspecified atom stereocenters. The van der Waals surface area contributed by atoms with Gasteiger partial charge in [-0.05, 0) is 12.1 Å². The third kappa shape index (κ3) is 2.25. The number of aromatic amines is 1. The van der Waals surface area contributed by atoms with Gasteiger partial charge in [-0.25, -0.2) is 4.98 Å². The van der Waals surface area contributed by atoms with Crippen LogP contribution in [0.25, 0.3) is 11.0 Å². The fourth-order valence-electron chi connectivity index (χ4n) is 0.939. The number of thiol groups is 1. The molecule has 1 N–H and O–H groups in total. The zero-order chi connectivity index (χ0) is 6.97. The smallest absolute Gasteiger partial charge is 2.00 e. The quantitative estimate of drug-likeness (QED) is 0.540. The Morgan fingerprint density at radius 3 is 2.58 bits per heavy atom. The van der Waals surface area contributed by atoms with E-state index in [0.717, 1.165) is 11.0 Å². The number of benzene rings is 1. The summed E-state index contributed by atoms with van der Waals surface area (Å²) in [6.07, 6.45) is 0. The standard InChI is InChI=1S/C7H6N2S.S.Zn/c10-7-8-5-3-1-2-4-6(5)9-7;;/h1-4H,(H2,8,9,10);;/q;-2;+2. The summed E-state index contributed by atoms with van der Waals surface area (Å²) in [4.78, 5) is 7.13. The molecule has 0 aliphatic carbocycles. The van der Waals surface area contributed by atoms with Gasteiger partial charge in [0.05, 0.1) is 11.0 Å². The van der Waals surface area contributed by atoms with Crippen LogP contribution in [-0.2, 0) is 33.0 Å². The van der Waals surface area contributed by atoms with Crippen LogP contribution in [0.5, 0.6) is 0 Å². The Kier molecular flexibility index (Phi) is 4.90. The molecular weight excluding hydrogens is 242 g/mol. The van der Waals surface area contributed by atoms with Gasteiger partial charge in [-0.15, -0.1) is 12.6 Å². The SMILES string of the molecule is Sc1nc2ccccc2[nH]1.[S-2].[Zn+2]. The average molecular weight is 248 g/mol. The molecule has 0 spiro atoms. The number of nitrogens with one attached hydrogen (secondary N) is 1. The van der Waals surface area contributed by atoms with Gasteiger partial charge in [0.1, 0.15) is 0 Å². The molecular formula is C7H6N2S2Zn. The van der Waals surface area contributed by atoms with Crippen molar-refractivity contribution in [3.05, 3.63) is 24.3 Å². The Bertz CT molecular complexity index is 328. The van der Waals surface area contributed by atoms with E-state index >= 15 is 0 Å². The zero-order valence-corrected chi connectivity index (χ0v) is 11.0. The Hall–Kier alpha value is 0.0134. The Morgan fingerprint density at radius 2 is 1.92 bits per heavy atom. The Morgan fingerprint density at radius 1 is 1.25 bits per heavy atom. The number of para-hydroxylation sites is 2. The number of hydrogen-bond donors (Lipinski definition) is 2. The predicted octanol–water partition coefficient (Wildman–Crippen LogP) is 1.85. The molecule has 0 fully saturated rings. The molecule has 0 aliphatic rings. The molecule has 0 amide bonds. The van der Waals surface area contributed by atoms with Crippen molar-refractivity contribution in [3.8, 4) is 0 Å². The van der Waals surface area contributed by atoms with Crippen molar-refractivity contribution in [2.75, 3.05) is 0 Å². The summed E-state index contributed by atoms with van der Waals surface area (Å²) >= 11 is 4.08. The summed E-state index contributed by atoms with van der Waals surface area (Å²) in [7, 11) is 0.